The van der Waals surface area contributed by atoms with Crippen LogP contribution in [-0.2, 0) is 42.9 Å². The highest BCUT2D eigenvalue weighted by Gasteiger charge is 2.49. The number of rotatable bonds is 15. The van der Waals surface area contributed by atoms with E-state index in [9.17, 15) is 44.4 Å². The Labute approximate surface area is 248 Å². The van der Waals surface area contributed by atoms with Gasteiger partial charge in [-0.15, -0.1) is 0 Å². The van der Waals surface area contributed by atoms with Gasteiger partial charge in [-0.25, -0.2) is 0 Å². The molecule has 8 atom stereocenters. The summed E-state index contributed by atoms with van der Waals surface area (Å²) in [5.41, 5.74) is -1.83. The number of aliphatic hydroxyl groups excluding tert-OH is 3. The number of esters is 2. The molecule has 15 nitrogen and oxygen atoms in total. The molecule has 1 fully saturated rings. The fraction of sp³-hybridized carbons (Fsp3) is 0.750. The van der Waals surface area contributed by atoms with Crippen LogP contribution in [0.3, 0.4) is 0 Å². The number of allylic oxidation sites excluding steroid dienone is 1. The molecule has 0 aromatic carbocycles. The molecule has 0 aromatic rings. The van der Waals surface area contributed by atoms with Crippen molar-refractivity contribution in [2.75, 3.05) is 13.2 Å². The quantitative estimate of drug-likeness (QED) is 0.102. The smallest absolute Gasteiger partial charge is 0.317 e. The molecule has 8 unspecified atom stereocenters. The first-order valence-corrected chi connectivity index (χ1v) is 13.9. The average Bonchev–Trinajstić information content (AvgIpc) is 2.84. The second-order valence-corrected chi connectivity index (χ2v) is 12.1. The highest BCUT2D eigenvalue weighted by atomic mass is 16.7. The number of aliphatic hydroxyl groups is 4. The summed E-state index contributed by atoms with van der Waals surface area (Å²) >= 11 is 0. The van der Waals surface area contributed by atoms with Gasteiger partial charge in [0.2, 0.25) is 0 Å². The van der Waals surface area contributed by atoms with E-state index in [4.69, 9.17) is 29.2 Å². The first-order chi connectivity index (χ1) is 19.8. The second-order valence-electron chi connectivity index (χ2n) is 12.1. The lowest BCUT2D eigenvalue weighted by atomic mass is 9.66. The van der Waals surface area contributed by atoms with Crippen LogP contribution in [0.15, 0.2) is 11.6 Å². The Hall–Kier alpha value is -2.95. The standard InChI is InChI=1S/C28H42O15/c1-14(5-6-17-15(12-29)7-16(30)9-27(17,2)3)41-26-24(38)25(43-22(36)11-28(4,39)10-20(33)34)23(37)18(42-26)13-40-21(35)8-19(31)32/h7,14,17-18,23-26,29,37-39H,5-6,8-13H2,1-4H3,(H,31,32)(H,33,34). The van der Waals surface area contributed by atoms with E-state index in [2.05, 4.69) is 0 Å². The van der Waals surface area contributed by atoms with Gasteiger partial charge in [0, 0.05) is 6.42 Å². The van der Waals surface area contributed by atoms with Crippen molar-refractivity contribution < 1.29 is 73.6 Å². The van der Waals surface area contributed by atoms with Gasteiger partial charge in [-0.3, -0.25) is 24.0 Å². The molecule has 0 aromatic heterocycles. The zero-order chi connectivity index (χ0) is 32.7. The van der Waals surface area contributed by atoms with Crippen LogP contribution < -0.4 is 0 Å². The summed E-state index contributed by atoms with van der Waals surface area (Å²) in [6.07, 6.45) is -8.84. The van der Waals surface area contributed by atoms with Gasteiger partial charge in [0.25, 0.3) is 0 Å². The normalized spacial score (nSPS) is 29.1. The van der Waals surface area contributed by atoms with Crippen molar-refractivity contribution in [3.63, 3.8) is 0 Å². The van der Waals surface area contributed by atoms with Gasteiger partial charge in [0.05, 0.1) is 31.2 Å². The predicted octanol–water partition coefficient (Wildman–Crippen LogP) is -0.302. The summed E-state index contributed by atoms with van der Waals surface area (Å²) in [7, 11) is 0. The van der Waals surface area contributed by atoms with Crippen molar-refractivity contribution in [1.29, 1.82) is 0 Å². The molecule has 0 bridgehead atoms. The van der Waals surface area contributed by atoms with Crippen LogP contribution in [0.5, 0.6) is 0 Å². The number of hydrogen-bond donors (Lipinski definition) is 6. The summed E-state index contributed by atoms with van der Waals surface area (Å²) in [4.78, 5) is 58.1. The van der Waals surface area contributed by atoms with E-state index in [0.29, 0.717) is 24.8 Å². The molecular weight excluding hydrogens is 576 g/mol. The topological polar surface area (TPSA) is 244 Å². The van der Waals surface area contributed by atoms with Gasteiger partial charge in [-0.1, -0.05) is 13.8 Å². The largest absolute Gasteiger partial charge is 0.481 e. The van der Waals surface area contributed by atoms with Gasteiger partial charge < -0.3 is 49.6 Å². The third-order valence-electron chi connectivity index (χ3n) is 7.45. The zero-order valence-electron chi connectivity index (χ0n) is 24.6. The molecule has 1 saturated heterocycles. The lowest BCUT2D eigenvalue weighted by Gasteiger charge is -2.43. The van der Waals surface area contributed by atoms with E-state index in [1.807, 2.05) is 13.8 Å². The third-order valence-corrected chi connectivity index (χ3v) is 7.45. The maximum absolute atomic E-state index is 12.6. The molecule has 6 N–H and O–H groups in total. The fourth-order valence-electron chi connectivity index (χ4n) is 5.40. The van der Waals surface area contributed by atoms with E-state index >= 15 is 0 Å². The highest BCUT2D eigenvalue weighted by molar-refractivity contribution is 5.92. The maximum Gasteiger partial charge on any atom is 0.317 e. The Bertz CT molecular complexity index is 1060. The maximum atomic E-state index is 12.6. The van der Waals surface area contributed by atoms with Crippen molar-refractivity contribution in [1.82, 2.24) is 0 Å². The first kappa shape index (κ1) is 36.2. The number of ketones is 1. The van der Waals surface area contributed by atoms with Crippen LogP contribution in [0.4, 0.5) is 0 Å². The van der Waals surface area contributed by atoms with Gasteiger partial charge in [-0.2, -0.15) is 0 Å². The van der Waals surface area contributed by atoms with Crippen LogP contribution in [0.1, 0.15) is 66.2 Å². The minimum atomic E-state index is -2.00. The van der Waals surface area contributed by atoms with Crippen molar-refractivity contribution in [2.24, 2.45) is 11.3 Å². The number of carboxylic acid groups (broad SMARTS) is 2. The van der Waals surface area contributed by atoms with Crippen molar-refractivity contribution in [3.05, 3.63) is 11.6 Å². The Kier molecular flexibility index (Phi) is 12.8. The lowest BCUT2D eigenvalue weighted by Crippen LogP contribution is -2.61. The zero-order valence-corrected chi connectivity index (χ0v) is 24.6. The van der Waals surface area contributed by atoms with Crippen LogP contribution in [-0.4, -0.2) is 116 Å². The Morgan fingerprint density at radius 3 is 2.33 bits per heavy atom. The molecule has 1 aliphatic carbocycles. The van der Waals surface area contributed by atoms with Crippen LogP contribution in [0.25, 0.3) is 0 Å². The summed E-state index contributed by atoms with van der Waals surface area (Å²) < 4.78 is 21.6. The van der Waals surface area contributed by atoms with E-state index in [-0.39, 0.29) is 18.3 Å². The Balaban J connectivity index is 2.17. The molecule has 0 amide bonds. The number of ether oxygens (including phenoxy) is 4. The van der Waals surface area contributed by atoms with E-state index < -0.39 is 97.6 Å². The molecular formula is C28H42O15. The second kappa shape index (κ2) is 15.2. The van der Waals surface area contributed by atoms with Gasteiger partial charge in [0.1, 0.15) is 31.3 Å². The minimum absolute atomic E-state index is 0.0768. The molecule has 244 valence electrons. The molecule has 2 rings (SSSR count). The van der Waals surface area contributed by atoms with E-state index in [1.54, 1.807) is 6.92 Å². The number of carbonyl (C=O) groups excluding carboxylic acids is 3. The summed E-state index contributed by atoms with van der Waals surface area (Å²) in [6.45, 7) is 5.62. The van der Waals surface area contributed by atoms with Gasteiger partial charge in [-0.05, 0) is 49.7 Å². The minimum Gasteiger partial charge on any atom is -0.481 e. The van der Waals surface area contributed by atoms with Crippen LogP contribution in [0.2, 0.25) is 0 Å². The number of hydrogen-bond acceptors (Lipinski definition) is 13. The molecule has 0 spiro atoms. The predicted molar refractivity (Wildman–Crippen MR) is 143 cm³/mol. The number of carboxylic acids is 2. The van der Waals surface area contributed by atoms with E-state index in [0.717, 1.165) is 6.92 Å². The summed E-state index contributed by atoms with van der Waals surface area (Å²) in [5.74, 6) is -5.34. The fourth-order valence-corrected chi connectivity index (χ4v) is 5.40. The van der Waals surface area contributed by atoms with Crippen LogP contribution in [0, 0.1) is 11.3 Å². The molecule has 1 heterocycles. The molecule has 1 aliphatic heterocycles. The molecule has 2 aliphatic rings. The Morgan fingerprint density at radius 1 is 1.09 bits per heavy atom. The van der Waals surface area contributed by atoms with Crippen molar-refractivity contribution >= 4 is 29.7 Å². The van der Waals surface area contributed by atoms with E-state index in [1.165, 1.54) is 6.08 Å². The van der Waals surface area contributed by atoms with Crippen LogP contribution >= 0.6 is 0 Å². The third kappa shape index (κ3) is 10.9. The molecule has 0 saturated carbocycles. The molecule has 0 radical (unpaired) electrons. The van der Waals surface area contributed by atoms with Crippen molar-refractivity contribution in [3.8, 4) is 0 Å². The number of aliphatic carboxylic acids is 2. The number of carbonyl (C=O) groups is 5. The molecule has 43 heavy (non-hydrogen) atoms. The highest BCUT2D eigenvalue weighted by Crippen LogP contribution is 2.42. The Morgan fingerprint density at radius 2 is 1.74 bits per heavy atom. The summed E-state index contributed by atoms with van der Waals surface area (Å²) in [5, 5.41) is 59.5. The SMILES string of the molecule is CC(CCC1C(CO)=CC(=O)CC1(C)C)OC1OC(COC(=O)CC(=O)O)C(O)C(OC(=O)CC(C)(O)CC(=O)O)C1O. The first-order valence-electron chi connectivity index (χ1n) is 13.9. The lowest BCUT2D eigenvalue weighted by molar-refractivity contribution is -0.313. The monoisotopic (exact) mass is 618 g/mol. The summed E-state index contributed by atoms with van der Waals surface area (Å²) in [6, 6.07) is 0. The van der Waals surface area contributed by atoms with Gasteiger partial charge in [0.15, 0.2) is 18.2 Å². The van der Waals surface area contributed by atoms with Gasteiger partial charge >= 0.3 is 23.9 Å². The molecule has 15 heteroatoms. The average molecular weight is 619 g/mol. The van der Waals surface area contributed by atoms with Crippen molar-refractivity contribution in [2.45, 2.75) is 109 Å².